The van der Waals surface area contributed by atoms with Crippen LogP contribution >= 0.6 is 8.69 Å². The van der Waals surface area contributed by atoms with Crippen molar-refractivity contribution in [1.29, 1.82) is 0 Å². The van der Waals surface area contributed by atoms with Gasteiger partial charge in [-0.15, -0.1) is 13.2 Å². The molecular weight excluding hydrogens is 132 g/mol. The average Bonchev–Trinajstić information content (AvgIpc) is 1.30. The van der Waals surface area contributed by atoms with Gasteiger partial charge in [-0.05, 0) is 9.09 Å². The summed E-state index contributed by atoms with van der Waals surface area (Å²) in [4.78, 5) is 0. The van der Waals surface area contributed by atoms with Crippen LogP contribution in [0.4, 0.5) is 13.2 Å². The van der Waals surface area contributed by atoms with E-state index in [1.807, 2.05) is 0 Å². The molecule has 0 aromatic rings. The molecule has 0 saturated carbocycles. The summed E-state index contributed by atoms with van der Waals surface area (Å²) in [7, 11) is -1.77. The van der Waals surface area contributed by atoms with Gasteiger partial charge in [0, 0.05) is 0 Å². The predicted octanol–water partition coefficient (Wildman–Crippen LogP) is 1.46. The Bertz CT molecular complexity index is 67.8. The highest BCUT2D eigenvalue weighted by molar-refractivity contribution is 7.17. The lowest BCUT2D eigenvalue weighted by Gasteiger charge is -1.88. The van der Waals surface area contributed by atoms with Gasteiger partial charge in [0.1, 0.15) is 0 Å². The van der Waals surface area contributed by atoms with E-state index >= 15 is 0 Å². The summed E-state index contributed by atoms with van der Waals surface area (Å²) in [5.41, 5.74) is 0. The molecule has 0 N–H and O–H groups in total. The minimum atomic E-state index is -4.75. The Morgan fingerprint density at radius 3 is 1.86 bits per heavy atom. The molecule has 0 rings (SSSR count). The van der Waals surface area contributed by atoms with E-state index in [1.165, 1.54) is 0 Å². The lowest BCUT2D eigenvalue weighted by atomic mass is 11.4. The number of hydrogen-bond acceptors (Lipinski definition) is 2. The first-order valence-electron chi connectivity index (χ1n) is 1.18. The van der Waals surface area contributed by atoms with Gasteiger partial charge in [-0.25, -0.2) is 0 Å². The van der Waals surface area contributed by atoms with E-state index in [-0.39, 0.29) is 0 Å². The van der Waals surface area contributed by atoms with Crippen LogP contribution in [0.5, 0.6) is 0 Å². The van der Waals surface area contributed by atoms with Crippen LogP contribution in [0.25, 0.3) is 0 Å². The first-order valence-corrected chi connectivity index (χ1v) is 2.00. The number of halogens is 3. The van der Waals surface area contributed by atoms with Crippen molar-refractivity contribution in [2.24, 2.45) is 0 Å². The standard InChI is InChI=1S/CHF3O2P/c2-1(3,4)6-7-5/h7H/q+1. The van der Waals surface area contributed by atoms with Gasteiger partial charge in [-0.1, -0.05) is 0 Å². The minimum Gasteiger partial charge on any atom is -0.141 e. The molecule has 0 fully saturated rings. The Morgan fingerprint density at radius 2 is 1.86 bits per heavy atom. The maximum atomic E-state index is 10.6. The summed E-state index contributed by atoms with van der Waals surface area (Å²) < 4.78 is 43.7. The van der Waals surface area contributed by atoms with Gasteiger partial charge in [0.25, 0.3) is 0 Å². The van der Waals surface area contributed by atoms with E-state index in [0.717, 1.165) is 0 Å². The fourth-order valence-corrected chi connectivity index (χ4v) is 0.142. The van der Waals surface area contributed by atoms with E-state index in [9.17, 15) is 13.2 Å². The molecule has 0 radical (unpaired) electrons. The molecule has 7 heavy (non-hydrogen) atoms. The third kappa shape index (κ3) is 5.85. The van der Waals surface area contributed by atoms with Crippen LogP contribution in [0.3, 0.4) is 0 Å². The second-order valence-corrected chi connectivity index (χ2v) is 1.00. The van der Waals surface area contributed by atoms with Crippen LogP contribution in [0.1, 0.15) is 0 Å². The van der Waals surface area contributed by atoms with Crippen molar-refractivity contribution in [3.63, 3.8) is 0 Å². The Hall–Kier alpha value is -0.150. The second kappa shape index (κ2) is 2.23. The van der Waals surface area contributed by atoms with E-state index < -0.39 is 15.0 Å². The van der Waals surface area contributed by atoms with Gasteiger partial charge in [0.15, 0.2) is 0 Å². The summed E-state index contributed by atoms with van der Waals surface area (Å²) in [6, 6.07) is 0. The first-order chi connectivity index (χ1) is 3.06. The second-order valence-electron chi connectivity index (χ2n) is 0.631. The van der Waals surface area contributed by atoms with Crippen LogP contribution in [0.2, 0.25) is 0 Å². The maximum Gasteiger partial charge on any atom is 0.564 e. The number of hydrogen-bond donors (Lipinski definition) is 0. The summed E-state index contributed by atoms with van der Waals surface area (Å²) >= 11 is 0. The van der Waals surface area contributed by atoms with Crippen LogP contribution in [0, 0.1) is 0 Å². The fourth-order valence-electron chi connectivity index (χ4n) is 0.0472. The molecule has 0 heterocycles. The third-order valence-corrected chi connectivity index (χ3v) is 0.472. The van der Waals surface area contributed by atoms with Crippen molar-refractivity contribution in [1.82, 2.24) is 0 Å². The average molecular weight is 133 g/mol. The normalized spacial score (nSPS) is 12.4. The largest absolute Gasteiger partial charge is 0.564 e. The molecule has 0 aromatic heterocycles. The lowest BCUT2D eigenvalue weighted by Crippen LogP contribution is -2.04. The lowest BCUT2D eigenvalue weighted by molar-refractivity contribution is -0.270. The van der Waals surface area contributed by atoms with Crippen molar-refractivity contribution >= 4 is 8.69 Å². The van der Waals surface area contributed by atoms with Crippen LogP contribution in [-0.2, 0) is 9.09 Å². The van der Waals surface area contributed by atoms with E-state index in [0.29, 0.717) is 0 Å². The zero-order valence-electron chi connectivity index (χ0n) is 2.95. The van der Waals surface area contributed by atoms with E-state index in [4.69, 9.17) is 4.57 Å². The van der Waals surface area contributed by atoms with Gasteiger partial charge < -0.3 is 0 Å². The van der Waals surface area contributed by atoms with E-state index in [2.05, 4.69) is 4.52 Å². The highest BCUT2D eigenvalue weighted by atomic mass is 31.1. The van der Waals surface area contributed by atoms with Gasteiger partial charge in [0.2, 0.25) is 0 Å². The van der Waals surface area contributed by atoms with Gasteiger partial charge in [-0.3, -0.25) is 0 Å². The SMILES string of the molecule is O=[PH+]OC(F)(F)F. The number of alkyl halides is 3. The highest BCUT2D eigenvalue weighted by Crippen LogP contribution is 2.21. The summed E-state index contributed by atoms with van der Waals surface area (Å²) in [6.45, 7) is 0. The highest BCUT2D eigenvalue weighted by Gasteiger charge is 2.34. The van der Waals surface area contributed by atoms with Crippen molar-refractivity contribution in [2.45, 2.75) is 6.36 Å². The maximum absolute atomic E-state index is 10.6. The molecule has 1 atom stereocenters. The molecular formula is CHF3O2P+. The number of rotatable bonds is 1. The van der Waals surface area contributed by atoms with Crippen LogP contribution < -0.4 is 0 Å². The molecule has 1 unspecified atom stereocenters. The molecule has 0 aliphatic rings. The Labute approximate surface area is 38.6 Å². The van der Waals surface area contributed by atoms with E-state index in [1.54, 1.807) is 0 Å². The first kappa shape index (κ1) is 6.85. The fraction of sp³-hybridized carbons (Fsp3) is 1.00. The van der Waals surface area contributed by atoms with Crippen molar-refractivity contribution in [3.8, 4) is 0 Å². The molecule has 0 bridgehead atoms. The molecule has 0 spiro atoms. The van der Waals surface area contributed by atoms with Crippen LogP contribution in [-0.4, -0.2) is 6.36 Å². The topological polar surface area (TPSA) is 26.3 Å². The molecule has 0 aliphatic carbocycles. The van der Waals surface area contributed by atoms with Crippen molar-refractivity contribution in [3.05, 3.63) is 0 Å². The van der Waals surface area contributed by atoms with Gasteiger partial charge >= 0.3 is 15.0 Å². The molecule has 0 saturated heterocycles. The summed E-state index contributed by atoms with van der Waals surface area (Å²) in [6.07, 6.45) is -4.75. The molecule has 0 amide bonds. The predicted molar refractivity (Wildman–Crippen MR) is 16.1 cm³/mol. The van der Waals surface area contributed by atoms with Crippen molar-refractivity contribution < 1.29 is 22.3 Å². The molecule has 6 heteroatoms. The van der Waals surface area contributed by atoms with Gasteiger partial charge in [-0.2, -0.15) is 0 Å². The molecule has 2 nitrogen and oxygen atoms in total. The Kier molecular flexibility index (Phi) is 2.19. The summed E-state index contributed by atoms with van der Waals surface area (Å²) in [5.74, 6) is 0. The molecule has 0 aliphatic heterocycles. The van der Waals surface area contributed by atoms with Crippen molar-refractivity contribution in [2.75, 3.05) is 0 Å². The Morgan fingerprint density at radius 1 is 1.43 bits per heavy atom. The smallest absolute Gasteiger partial charge is 0.141 e. The molecule has 0 aromatic carbocycles. The minimum absolute atomic E-state index is 1.77. The quantitative estimate of drug-likeness (QED) is 0.506. The Balaban J connectivity index is 3.34. The summed E-state index contributed by atoms with van der Waals surface area (Å²) in [5, 5.41) is 0. The molecule has 42 valence electrons. The zero-order chi connectivity index (χ0) is 5.91. The zero-order valence-corrected chi connectivity index (χ0v) is 3.95. The third-order valence-electron chi connectivity index (χ3n) is 0.157. The van der Waals surface area contributed by atoms with Crippen LogP contribution in [0.15, 0.2) is 0 Å². The van der Waals surface area contributed by atoms with Gasteiger partial charge in [0.05, 0.1) is 0 Å². The monoisotopic (exact) mass is 133 g/mol.